The Hall–Kier alpha value is -1.70. The van der Waals surface area contributed by atoms with Crippen LogP contribution in [0.25, 0.3) is 0 Å². The summed E-state index contributed by atoms with van der Waals surface area (Å²) >= 11 is 0. The van der Waals surface area contributed by atoms with Gasteiger partial charge in [-0.25, -0.2) is 4.79 Å². The molecule has 1 amide bonds. The number of hydrogen-bond donors (Lipinski definition) is 0. The molecule has 5 heteroatoms. The fourth-order valence-corrected chi connectivity index (χ4v) is 3.32. The predicted molar refractivity (Wildman–Crippen MR) is 109 cm³/mol. The maximum Gasteiger partial charge on any atom is 0.415 e. The molecule has 4 nitrogen and oxygen atoms in total. The van der Waals surface area contributed by atoms with Gasteiger partial charge in [0, 0.05) is 19.1 Å². The molecule has 2 rings (SSSR count). The van der Waals surface area contributed by atoms with Crippen molar-refractivity contribution >= 4 is 18.5 Å². The van der Waals surface area contributed by atoms with E-state index in [4.69, 9.17) is 11.2 Å². The van der Waals surface area contributed by atoms with Crippen molar-refractivity contribution < 1.29 is 9.53 Å². The van der Waals surface area contributed by atoms with E-state index in [2.05, 4.69) is 23.8 Å². The first-order chi connectivity index (χ1) is 12.0. The Morgan fingerprint density at radius 3 is 2.65 bits per heavy atom. The molecule has 0 spiro atoms. The van der Waals surface area contributed by atoms with Crippen molar-refractivity contribution in [3.63, 3.8) is 0 Å². The first-order valence-corrected chi connectivity index (χ1v) is 9.18. The molecule has 0 N–H and O–H groups in total. The van der Waals surface area contributed by atoms with Crippen LogP contribution in [0.15, 0.2) is 24.3 Å². The zero-order chi connectivity index (χ0) is 18.2. The molecule has 0 aliphatic heterocycles. The van der Waals surface area contributed by atoms with Gasteiger partial charge in [-0.2, -0.15) is 0 Å². The third kappa shape index (κ3) is 6.55. The van der Waals surface area contributed by atoms with Crippen LogP contribution in [0.3, 0.4) is 0 Å². The number of carbonyl (C=O) groups is 1. The SMILES string of the molecule is C#CCN(C)C(C)Cc1cccc(OC(=O)N(C)C2CCCCC2)c1.Cl. The van der Waals surface area contributed by atoms with Gasteiger partial charge in [-0.15, -0.1) is 18.8 Å². The predicted octanol–water partition coefficient (Wildman–Crippen LogP) is 4.37. The van der Waals surface area contributed by atoms with Crippen LogP contribution in [0.1, 0.15) is 44.6 Å². The molecule has 1 aromatic rings. The number of hydrogen-bond acceptors (Lipinski definition) is 3. The van der Waals surface area contributed by atoms with Gasteiger partial charge in [-0.3, -0.25) is 4.90 Å². The minimum atomic E-state index is -0.262. The Morgan fingerprint density at radius 1 is 1.31 bits per heavy atom. The van der Waals surface area contributed by atoms with E-state index in [0.29, 0.717) is 24.4 Å². The van der Waals surface area contributed by atoms with Gasteiger partial charge in [0.25, 0.3) is 0 Å². The lowest BCUT2D eigenvalue weighted by Gasteiger charge is -2.30. The van der Waals surface area contributed by atoms with Crippen molar-refractivity contribution in [3.8, 4) is 18.1 Å². The van der Waals surface area contributed by atoms with E-state index >= 15 is 0 Å². The van der Waals surface area contributed by atoms with Gasteiger partial charge in [0.05, 0.1) is 6.54 Å². The molecule has 1 aliphatic rings. The lowest BCUT2D eigenvalue weighted by Crippen LogP contribution is -2.40. The Balaban J connectivity index is 0.00000338. The second-order valence-electron chi connectivity index (χ2n) is 7.09. The number of terminal acetylenes is 1. The van der Waals surface area contributed by atoms with Crippen LogP contribution in [-0.4, -0.2) is 48.6 Å². The molecule has 0 heterocycles. The molecule has 144 valence electrons. The Morgan fingerprint density at radius 2 is 2.00 bits per heavy atom. The van der Waals surface area contributed by atoms with Gasteiger partial charge in [0.15, 0.2) is 0 Å². The summed E-state index contributed by atoms with van der Waals surface area (Å²) in [4.78, 5) is 16.3. The highest BCUT2D eigenvalue weighted by molar-refractivity contribution is 5.85. The van der Waals surface area contributed by atoms with Crippen LogP contribution in [0, 0.1) is 12.3 Å². The lowest BCUT2D eigenvalue weighted by atomic mass is 9.95. The van der Waals surface area contributed by atoms with Gasteiger partial charge >= 0.3 is 6.09 Å². The molecular weight excluding hydrogens is 348 g/mol. The van der Waals surface area contributed by atoms with Gasteiger partial charge in [0.2, 0.25) is 0 Å². The van der Waals surface area contributed by atoms with Crippen molar-refractivity contribution in [2.75, 3.05) is 20.6 Å². The van der Waals surface area contributed by atoms with Crippen LogP contribution >= 0.6 is 12.4 Å². The topological polar surface area (TPSA) is 32.8 Å². The molecule has 1 aliphatic carbocycles. The Labute approximate surface area is 164 Å². The average Bonchev–Trinajstić information content (AvgIpc) is 2.62. The molecule has 0 bridgehead atoms. The standard InChI is InChI=1S/C21H30N2O2.ClH/c1-5-14-22(3)17(2)15-18-10-9-13-20(16-18)25-21(24)23(4)19-11-7-6-8-12-19;/h1,9-10,13,16-17,19H,6-8,11-12,14-15H2,2-4H3;1H. The molecular formula is C21H31ClN2O2. The van der Waals surface area contributed by atoms with Gasteiger partial charge in [0.1, 0.15) is 5.75 Å². The molecule has 1 atom stereocenters. The lowest BCUT2D eigenvalue weighted by molar-refractivity contribution is 0.133. The van der Waals surface area contributed by atoms with Crippen molar-refractivity contribution in [1.29, 1.82) is 0 Å². The molecule has 1 fully saturated rings. The number of nitrogens with zero attached hydrogens (tertiary/aromatic N) is 2. The molecule has 1 saturated carbocycles. The fraction of sp³-hybridized carbons (Fsp3) is 0.571. The first kappa shape index (κ1) is 22.3. The van der Waals surface area contributed by atoms with Gasteiger partial charge < -0.3 is 9.64 Å². The minimum Gasteiger partial charge on any atom is -0.410 e. The summed E-state index contributed by atoms with van der Waals surface area (Å²) in [7, 11) is 3.87. The van der Waals surface area contributed by atoms with Crippen LogP contribution in [0.2, 0.25) is 0 Å². The summed E-state index contributed by atoms with van der Waals surface area (Å²) in [5, 5.41) is 0. The summed E-state index contributed by atoms with van der Waals surface area (Å²) in [6.07, 6.45) is 11.8. The summed E-state index contributed by atoms with van der Waals surface area (Å²) in [5.74, 6) is 3.27. The zero-order valence-corrected chi connectivity index (χ0v) is 16.9. The second kappa shape index (κ2) is 11.1. The fourth-order valence-electron chi connectivity index (χ4n) is 3.32. The van der Waals surface area contributed by atoms with E-state index < -0.39 is 0 Å². The summed E-state index contributed by atoms with van der Waals surface area (Å²) < 4.78 is 5.60. The normalized spacial score (nSPS) is 15.7. The number of benzene rings is 1. The number of rotatable bonds is 6. The third-order valence-corrected chi connectivity index (χ3v) is 5.14. The maximum atomic E-state index is 12.4. The molecule has 26 heavy (non-hydrogen) atoms. The van der Waals surface area contributed by atoms with Gasteiger partial charge in [-0.05, 0) is 50.9 Å². The molecule has 1 unspecified atom stereocenters. The van der Waals surface area contributed by atoms with Crippen LogP contribution in [-0.2, 0) is 6.42 Å². The second-order valence-corrected chi connectivity index (χ2v) is 7.09. The zero-order valence-electron chi connectivity index (χ0n) is 16.1. The highest BCUT2D eigenvalue weighted by atomic mass is 35.5. The van der Waals surface area contributed by atoms with E-state index in [-0.39, 0.29) is 18.5 Å². The number of likely N-dealkylation sites (N-methyl/N-ethyl adjacent to an activating group) is 1. The summed E-state index contributed by atoms with van der Waals surface area (Å²) in [5.41, 5.74) is 1.14. The van der Waals surface area contributed by atoms with E-state index in [1.165, 1.54) is 19.3 Å². The minimum absolute atomic E-state index is 0. The van der Waals surface area contributed by atoms with E-state index in [9.17, 15) is 4.79 Å². The molecule has 0 radical (unpaired) electrons. The number of halogens is 1. The average molecular weight is 379 g/mol. The van der Waals surface area contributed by atoms with Crippen LogP contribution < -0.4 is 4.74 Å². The van der Waals surface area contributed by atoms with E-state index in [0.717, 1.165) is 24.8 Å². The Bertz CT molecular complexity index is 608. The van der Waals surface area contributed by atoms with E-state index in [1.807, 2.05) is 32.3 Å². The van der Waals surface area contributed by atoms with Crippen molar-refractivity contribution in [2.24, 2.45) is 0 Å². The molecule has 1 aromatic carbocycles. The largest absolute Gasteiger partial charge is 0.415 e. The maximum absolute atomic E-state index is 12.4. The van der Waals surface area contributed by atoms with Crippen molar-refractivity contribution in [2.45, 2.75) is 57.5 Å². The van der Waals surface area contributed by atoms with Crippen molar-refractivity contribution in [3.05, 3.63) is 29.8 Å². The quantitative estimate of drug-likeness (QED) is 0.689. The van der Waals surface area contributed by atoms with Crippen LogP contribution in [0.5, 0.6) is 5.75 Å². The Kier molecular flexibility index (Phi) is 9.54. The first-order valence-electron chi connectivity index (χ1n) is 9.18. The highest BCUT2D eigenvalue weighted by Crippen LogP contribution is 2.23. The third-order valence-electron chi connectivity index (χ3n) is 5.14. The smallest absolute Gasteiger partial charge is 0.410 e. The summed E-state index contributed by atoms with van der Waals surface area (Å²) in [6, 6.07) is 8.42. The number of ether oxygens (including phenoxy) is 1. The molecule has 0 saturated heterocycles. The number of amides is 1. The monoisotopic (exact) mass is 378 g/mol. The summed E-state index contributed by atoms with van der Waals surface area (Å²) in [6.45, 7) is 2.77. The van der Waals surface area contributed by atoms with Crippen LogP contribution in [0.4, 0.5) is 4.79 Å². The number of carbonyl (C=O) groups excluding carboxylic acids is 1. The highest BCUT2D eigenvalue weighted by Gasteiger charge is 2.23. The molecule has 0 aromatic heterocycles. The van der Waals surface area contributed by atoms with Crippen molar-refractivity contribution in [1.82, 2.24) is 9.80 Å². The van der Waals surface area contributed by atoms with Gasteiger partial charge in [-0.1, -0.05) is 37.3 Å². The van der Waals surface area contributed by atoms with E-state index in [1.54, 1.807) is 4.90 Å².